The van der Waals surface area contributed by atoms with Crippen LogP contribution in [0.15, 0.2) is 46.2 Å². The van der Waals surface area contributed by atoms with Crippen molar-refractivity contribution in [1.29, 1.82) is 0 Å². The maximum atomic E-state index is 12.1. The van der Waals surface area contributed by atoms with Crippen molar-refractivity contribution in [2.24, 2.45) is 4.99 Å². The monoisotopic (exact) mass is 323 g/mol. The van der Waals surface area contributed by atoms with E-state index in [1.165, 1.54) is 0 Å². The first-order valence-electron chi connectivity index (χ1n) is 7.93. The number of rotatable bonds is 3. The molecule has 24 heavy (non-hydrogen) atoms. The minimum absolute atomic E-state index is 0.293. The van der Waals surface area contributed by atoms with Gasteiger partial charge in [0, 0.05) is 6.21 Å². The first kappa shape index (κ1) is 17.3. The number of fused-ring (bicyclic) bond motifs is 1. The molecule has 6 heteroatoms. The van der Waals surface area contributed by atoms with Gasteiger partial charge in [0.25, 0.3) is 5.56 Å². The minimum atomic E-state index is -0.293. The van der Waals surface area contributed by atoms with Crippen molar-refractivity contribution in [3.05, 3.63) is 52.5 Å². The fraction of sp³-hybridized carbons (Fsp3) is 0.222. The Bertz CT molecular complexity index is 901. The maximum absolute atomic E-state index is 12.1. The molecular weight excluding hydrogens is 302 g/mol. The lowest BCUT2D eigenvalue weighted by atomic mass is 10.2. The smallest absolute Gasteiger partial charge is 0.275 e. The summed E-state index contributed by atoms with van der Waals surface area (Å²) < 4.78 is 0. The second kappa shape index (κ2) is 8.01. The summed E-state index contributed by atoms with van der Waals surface area (Å²) in [5.74, 6) is 0.516. The van der Waals surface area contributed by atoms with Gasteiger partial charge >= 0.3 is 0 Å². The van der Waals surface area contributed by atoms with E-state index in [1.54, 1.807) is 12.3 Å². The normalized spacial score (nSPS) is 11.6. The molecule has 0 aliphatic carbocycles. The van der Waals surface area contributed by atoms with Crippen LogP contribution in [-0.4, -0.2) is 26.4 Å². The Morgan fingerprint density at radius 3 is 2.62 bits per heavy atom. The summed E-state index contributed by atoms with van der Waals surface area (Å²) in [6.07, 6.45) is 3.52. The van der Waals surface area contributed by atoms with Crippen LogP contribution >= 0.6 is 0 Å². The van der Waals surface area contributed by atoms with E-state index in [1.807, 2.05) is 58.0 Å². The van der Waals surface area contributed by atoms with Gasteiger partial charge in [0.15, 0.2) is 0 Å². The molecule has 0 amide bonds. The Hall–Kier alpha value is -3.02. The zero-order chi connectivity index (χ0) is 17.5. The molecule has 3 rings (SSSR count). The molecule has 0 saturated heterocycles. The van der Waals surface area contributed by atoms with Crippen molar-refractivity contribution >= 4 is 22.9 Å². The second-order valence-corrected chi connectivity index (χ2v) is 4.66. The van der Waals surface area contributed by atoms with Gasteiger partial charge in [-0.15, -0.1) is 0 Å². The number of imidazole rings is 1. The summed E-state index contributed by atoms with van der Waals surface area (Å²) in [6, 6.07) is 9.33. The third-order valence-electron chi connectivity index (χ3n) is 3.25. The van der Waals surface area contributed by atoms with Gasteiger partial charge < -0.3 is 4.98 Å². The van der Waals surface area contributed by atoms with Crippen LogP contribution in [0, 0.1) is 0 Å². The van der Waals surface area contributed by atoms with E-state index >= 15 is 0 Å². The lowest BCUT2D eigenvalue weighted by Crippen LogP contribution is -2.13. The first-order valence-corrected chi connectivity index (χ1v) is 7.93. The summed E-state index contributed by atoms with van der Waals surface area (Å²) in [7, 11) is 0. The molecule has 0 aliphatic rings. The Balaban J connectivity index is 0.00000100. The fourth-order valence-electron chi connectivity index (χ4n) is 2.22. The van der Waals surface area contributed by atoms with Gasteiger partial charge in [-0.2, -0.15) is 5.10 Å². The van der Waals surface area contributed by atoms with Gasteiger partial charge in [-0.1, -0.05) is 32.1 Å². The Labute approximate surface area is 140 Å². The Kier molecular flexibility index (Phi) is 5.78. The number of H-pyrrole nitrogens is 2. The van der Waals surface area contributed by atoms with Gasteiger partial charge in [-0.05, 0) is 32.0 Å². The summed E-state index contributed by atoms with van der Waals surface area (Å²) in [6.45, 7) is 7.70. The lowest BCUT2D eigenvalue weighted by Gasteiger charge is -2.02. The van der Waals surface area contributed by atoms with E-state index in [4.69, 9.17) is 0 Å². The molecule has 124 valence electrons. The van der Waals surface area contributed by atoms with Crippen LogP contribution < -0.4 is 5.56 Å². The van der Waals surface area contributed by atoms with Gasteiger partial charge in [0.1, 0.15) is 11.5 Å². The van der Waals surface area contributed by atoms with Crippen molar-refractivity contribution in [2.75, 3.05) is 0 Å². The third kappa shape index (κ3) is 3.48. The van der Waals surface area contributed by atoms with Crippen LogP contribution in [-0.2, 0) is 0 Å². The van der Waals surface area contributed by atoms with Crippen LogP contribution in [0.5, 0.6) is 0 Å². The second-order valence-electron chi connectivity index (χ2n) is 4.66. The molecule has 1 aromatic carbocycles. The highest BCUT2D eigenvalue weighted by Gasteiger charge is 2.12. The van der Waals surface area contributed by atoms with Crippen molar-refractivity contribution in [2.45, 2.75) is 27.7 Å². The van der Waals surface area contributed by atoms with Gasteiger partial charge in [-0.25, -0.2) is 10.1 Å². The number of aliphatic imine (C=N–C) groups is 1. The van der Waals surface area contributed by atoms with Crippen LogP contribution in [0.25, 0.3) is 28.1 Å². The number of benzene rings is 1. The van der Waals surface area contributed by atoms with E-state index < -0.39 is 0 Å². The van der Waals surface area contributed by atoms with Crippen molar-refractivity contribution in [3.63, 3.8) is 0 Å². The summed E-state index contributed by atoms with van der Waals surface area (Å²) >= 11 is 0. The minimum Gasteiger partial charge on any atom is -0.338 e. The first-order chi connectivity index (χ1) is 11.7. The van der Waals surface area contributed by atoms with Crippen molar-refractivity contribution in [1.82, 2.24) is 20.2 Å². The number of nitrogens with one attached hydrogen (secondary N) is 2. The number of hydrogen-bond donors (Lipinski definition) is 2. The summed E-state index contributed by atoms with van der Waals surface area (Å²) in [4.78, 5) is 23.9. The number of para-hydroxylation sites is 2. The van der Waals surface area contributed by atoms with Gasteiger partial charge in [-0.3, -0.25) is 9.79 Å². The van der Waals surface area contributed by atoms with Gasteiger partial charge in [0.2, 0.25) is 0 Å². The zero-order valence-electron chi connectivity index (χ0n) is 14.3. The quantitative estimate of drug-likeness (QED) is 0.719. The molecule has 0 aliphatic heterocycles. The predicted octanol–water partition coefficient (Wildman–Crippen LogP) is 3.79. The highest BCUT2D eigenvalue weighted by molar-refractivity contribution is 5.80. The van der Waals surface area contributed by atoms with E-state index in [0.717, 1.165) is 11.0 Å². The average molecular weight is 323 g/mol. The largest absolute Gasteiger partial charge is 0.338 e. The number of aromatic amines is 2. The number of aromatic nitrogens is 4. The highest BCUT2D eigenvalue weighted by atomic mass is 16.1. The SMILES string of the molecule is CC.CC=N/C(=C\C)c1cc(-c2nc3ccccc3[nH]2)c(=O)[nH]n1. The summed E-state index contributed by atoms with van der Waals surface area (Å²) in [5, 5.41) is 6.55. The molecule has 0 atom stereocenters. The molecule has 0 radical (unpaired) electrons. The van der Waals surface area contributed by atoms with Crippen molar-refractivity contribution < 1.29 is 0 Å². The van der Waals surface area contributed by atoms with E-state index in [2.05, 4.69) is 25.2 Å². The lowest BCUT2D eigenvalue weighted by molar-refractivity contribution is 0.967. The summed E-state index contributed by atoms with van der Waals surface area (Å²) in [5.41, 5.74) is 3.12. The number of hydrogen-bond acceptors (Lipinski definition) is 4. The average Bonchev–Trinajstić information content (AvgIpc) is 3.06. The predicted molar refractivity (Wildman–Crippen MR) is 99.1 cm³/mol. The molecule has 3 aromatic rings. The maximum Gasteiger partial charge on any atom is 0.275 e. The molecule has 0 bridgehead atoms. The molecule has 2 heterocycles. The van der Waals surface area contributed by atoms with E-state index in [9.17, 15) is 4.79 Å². The van der Waals surface area contributed by atoms with E-state index in [0.29, 0.717) is 22.8 Å². The van der Waals surface area contributed by atoms with Crippen LogP contribution in [0.2, 0.25) is 0 Å². The standard InChI is InChI=1S/C16H15N5O.C2H6/c1-3-11(17-4-2)14-9-10(16(22)21-20-14)15-18-12-7-5-6-8-13(12)19-15;1-2/h3-9H,1-2H3,(H,18,19)(H,21,22);1-2H3/b11-3-,17-4?;. The number of allylic oxidation sites excluding steroid dienone is 1. The van der Waals surface area contributed by atoms with Crippen molar-refractivity contribution in [3.8, 4) is 11.4 Å². The third-order valence-corrected chi connectivity index (χ3v) is 3.25. The molecule has 0 saturated carbocycles. The van der Waals surface area contributed by atoms with Crippen LogP contribution in [0.1, 0.15) is 33.4 Å². The topological polar surface area (TPSA) is 86.8 Å². The van der Waals surface area contributed by atoms with Gasteiger partial charge in [0.05, 0.1) is 22.3 Å². The molecule has 0 fully saturated rings. The zero-order valence-corrected chi connectivity index (χ0v) is 14.3. The Morgan fingerprint density at radius 1 is 1.21 bits per heavy atom. The Morgan fingerprint density at radius 2 is 1.96 bits per heavy atom. The molecule has 2 aromatic heterocycles. The molecule has 0 unspecified atom stereocenters. The number of nitrogens with zero attached hydrogens (tertiary/aromatic N) is 3. The van der Waals surface area contributed by atoms with Crippen LogP contribution in [0.3, 0.4) is 0 Å². The molecule has 2 N–H and O–H groups in total. The fourth-order valence-corrected chi connectivity index (χ4v) is 2.22. The highest BCUT2D eigenvalue weighted by Crippen LogP contribution is 2.20. The molecule has 0 spiro atoms. The molecular formula is C18H21N5O. The molecule has 6 nitrogen and oxygen atoms in total. The van der Waals surface area contributed by atoms with Crippen LogP contribution in [0.4, 0.5) is 0 Å². The van der Waals surface area contributed by atoms with E-state index in [-0.39, 0.29) is 5.56 Å².